The highest BCUT2D eigenvalue weighted by Crippen LogP contribution is 2.16. The fraction of sp³-hybridized carbons (Fsp3) is 0.923. The third-order valence-corrected chi connectivity index (χ3v) is 4.08. The smallest absolute Gasteiger partial charge is 0.224 e. The van der Waals surface area contributed by atoms with E-state index in [2.05, 4.69) is 22.5 Å². The average Bonchev–Trinajstić information content (AvgIpc) is 2.84. The van der Waals surface area contributed by atoms with Crippen LogP contribution in [0.5, 0.6) is 0 Å². The number of halogens is 2. The maximum atomic E-state index is 12.0. The number of hydrogen-bond donors (Lipinski definition) is 2. The standard InChI is InChI=1S/C13H25N3O.2ClH/c1-2-16-8-4-6-12(16)10-15-13(17)11-5-3-7-14-9-11;;/h11-12,14H,2-10H2,1H3,(H,15,17);2*1H/t11-,12?;;/m1../s1. The van der Waals surface area contributed by atoms with E-state index in [1.54, 1.807) is 0 Å². The van der Waals surface area contributed by atoms with Crippen LogP contribution in [0.25, 0.3) is 0 Å². The van der Waals surface area contributed by atoms with Crippen molar-refractivity contribution in [3.63, 3.8) is 0 Å². The molecule has 2 atom stereocenters. The maximum absolute atomic E-state index is 12.0. The quantitative estimate of drug-likeness (QED) is 0.825. The van der Waals surface area contributed by atoms with Crippen molar-refractivity contribution in [2.24, 2.45) is 5.92 Å². The first kappa shape index (κ1) is 19.0. The van der Waals surface area contributed by atoms with Gasteiger partial charge in [0, 0.05) is 19.1 Å². The van der Waals surface area contributed by atoms with Crippen molar-refractivity contribution in [3.8, 4) is 0 Å². The Kier molecular flexibility index (Phi) is 9.79. The number of piperidine rings is 1. The van der Waals surface area contributed by atoms with Gasteiger partial charge in [-0.3, -0.25) is 9.69 Å². The molecule has 0 aromatic heterocycles. The Hall–Kier alpha value is -0.0300. The van der Waals surface area contributed by atoms with Crippen LogP contribution in [-0.2, 0) is 4.79 Å². The number of hydrogen-bond acceptors (Lipinski definition) is 3. The molecular formula is C13H27Cl2N3O. The number of rotatable bonds is 4. The summed E-state index contributed by atoms with van der Waals surface area (Å²) in [4.78, 5) is 14.5. The molecule has 2 fully saturated rings. The molecule has 4 nitrogen and oxygen atoms in total. The summed E-state index contributed by atoms with van der Waals surface area (Å²) in [5.41, 5.74) is 0. The lowest BCUT2D eigenvalue weighted by Gasteiger charge is -2.26. The normalized spacial score (nSPS) is 27.2. The lowest BCUT2D eigenvalue weighted by molar-refractivity contribution is -0.125. The number of likely N-dealkylation sites (N-methyl/N-ethyl adjacent to an activating group) is 1. The summed E-state index contributed by atoms with van der Waals surface area (Å²) in [5.74, 6) is 0.445. The van der Waals surface area contributed by atoms with Gasteiger partial charge in [-0.25, -0.2) is 0 Å². The van der Waals surface area contributed by atoms with Crippen LogP contribution < -0.4 is 10.6 Å². The minimum absolute atomic E-state index is 0. The third kappa shape index (κ3) is 5.46. The maximum Gasteiger partial charge on any atom is 0.224 e. The summed E-state index contributed by atoms with van der Waals surface area (Å²) >= 11 is 0. The van der Waals surface area contributed by atoms with Crippen molar-refractivity contribution in [1.82, 2.24) is 15.5 Å². The zero-order valence-corrected chi connectivity index (χ0v) is 13.3. The second-order valence-electron chi connectivity index (χ2n) is 5.21. The lowest BCUT2D eigenvalue weighted by Crippen LogP contribution is -2.45. The molecule has 2 rings (SSSR count). The highest BCUT2D eigenvalue weighted by atomic mass is 35.5. The first-order valence-electron chi connectivity index (χ1n) is 7.03. The second-order valence-corrected chi connectivity index (χ2v) is 5.21. The summed E-state index contributed by atoms with van der Waals surface area (Å²) in [6, 6.07) is 0.570. The molecule has 0 spiro atoms. The molecule has 0 aromatic carbocycles. The van der Waals surface area contributed by atoms with Gasteiger partial charge in [0.1, 0.15) is 0 Å². The first-order chi connectivity index (χ1) is 8.31. The van der Waals surface area contributed by atoms with Crippen LogP contribution in [0.2, 0.25) is 0 Å². The van der Waals surface area contributed by atoms with Gasteiger partial charge in [0.25, 0.3) is 0 Å². The Morgan fingerprint density at radius 3 is 2.74 bits per heavy atom. The van der Waals surface area contributed by atoms with Gasteiger partial charge in [-0.1, -0.05) is 6.92 Å². The van der Waals surface area contributed by atoms with Gasteiger partial charge < -0.3 is 10.6 Å². The van der Waals surface area contributed by atoms with E-state index in [1.165, 1.54) is 19.4 Å². The SMILES string of the molecule is CCN1CCCC1CNC(=O)[C@@H]1CCCNC1.Cl.Cl. The van der Waals surface area contributed by atoms with Crippen LogP contribution in [0.1, 0.15) is 32.6 Å². The monoisotopic (exact) mass is 311 g/mol. The number of amides is 1. The molecule has 0 bridgehead atoms. The molecule has 1 amide bonds. The van der Waals surface area contributed by atoms with Crippen molar-refractivity contribution in [1.29, 1.82) is 0 Å². The van der Waals surface area contributed by atoms with Gasteiger partial charge in [0.15, 0.2) is 0 Å². The predicted molar refractivity (Wildman–Crippen MR) is 83.4 cm³/mol. The number of carbonyl (C=O) groups is 1. The summed E-state index contributed by atoms with van der Waals surface area (Å²) in [6.45, 7) is 7.26. The minimum Gasteiger partial charge on any atom is -0.354 e. The average molecular weight is 312 g/mol. The molecule has 1 unspecified atom stereocenters. The molecule has 2 N–H and O–H groups in total. The third-order valence-electron chi connectivity index (χ3n) is 4.08. The van der Waals surface area contributed by atoms with Crippen molar-refractivity contribution < 1.29 is 4.79 Å². The van der Waals surface area contributed by atoms with Gasteiger partial charge in [-0.15, -0.1) is 24.8 Å². The number of carbonyl (C=O) groups excluding carboxylic acids is 1. The van der Waals surface area contributed by atoms with E-state index < -0.39 is 0 Å². The molecule has 2 saturated heterocycles. The molecule has 2 aliphatic heterocycles. The van der Waals surface area contributed by atoms with Crippen molar-refractivity contribution in [2.45, 2.75) is 38.6 Å². The summed E-state index contributed by atoms with van der Waals surface area (Å²) in [7, 11) is 0. The highest BCUT2D eigenvalue weighted by molar-refractivity contribution is 5.85. The Morgan fingerprint density at radius 1 is 1.32 bits per heavy atom. The van der Waals surface area contributed by atoms with Crippen molar-refractivity contribution in [2.75, 3.05) is 32.7 Å². The van der Waals surface area contributed by atoms with Crippen LogP contribution in [0.3, 0.4) is 0 Å². The Labute approximate surface area is 128 Å². The molecule has 0 aliphatic carbocycles. The molecule has 0 radical (unpaired) electrons. The van der Waals surface area contributed by atoms with E-state index in [9.17, 15) is 4.79 Å². The molecule has 2 heterocycles. The van der Waals surface area contributed by atoms with Crippen LogP contribution in [0.4, 0.5) is 0 Å². The van der Waals surface area contributed by atoms with E-state index in [-0.39, 0.29) is 36.6 Å². The molecule has 2 aliphatic rings. The van der Waals surface area contributed by atoms with Crippen molar-refractivity contribution >= 4 is 30.7 Å². The van der Waals surface area contributed by atoms with Gasteiger partial charge in [-0.05, 0) is 45.3 Å². The first-order valence-corrected chi connectivity index (χ1v) is 7.03. The predicted octanol–water partition coefficient (Wildman–Crippen LogP) is 1.43. The van der Waals surface area contributed by atoms with E-state index in [0.717, 1.165) is 39.0 Å². The van der Waals surface area contributed by atoms with Crippen LogP contribution in [-0.4, -0.2) is 49.6 Å². The number of nitrogens with zero attached hydrogens (tertiary/aromatic N) is 1. The Bertz CT molecular complexity index is 260. The largest absolute Gasteiger partial charge is 0.354 e. The fourth-order valence-corrected chi connectivity index (χ4v) is 2.98. The van der Waals surface area contributed by atoms with Crippen LogP contribution in [0.15, 0.2) is 0 Å². The van der Waals surface area contributed by atoms with E-state index in [4.69, 9.17) is 0 Å². The van der Waals surface area contributed by atoms with Gasteiger partial charge in [0.2, 0.25) is 5.91 Å². The van der Waals surface area contributed by atoms with E-state index in [0.29, 0.717) is 6.04 Å². The van der Waals surface area contributed by atoms with Gasteiger partial charge in [0.05, 0.1) is 5.92 Å². The summed E-state index contributed by atoms with van der Waals surface area (Å²) < 4.78 is 0. The zero-order valence-electron chi connectivity index (χ0n) is 11.7. The molecular weight excluding hydrogens is 285 g/mol. The van der Waals surface area contributed by atoms with Crippen LogP contribution >= 0.6 is 24.8 Å². The van der Waals surface area contributed by atoms with E-state index >= 15 is 0 Å². The topological polar surface area (TPSA) is 44.4 Å². The Morgan fingerprint density at radius 2 is 2.11 bits per heavy atom. The number of nitrogens with one attached hydrogen (secondary N) is 2. The fourth-order valence-electron chi connectivity index (χ4n) is 2.98. The summed E-state index contributed by atoms with van der Waals surface area (Å²) in [6.07, 6.45) is 4.68. The molecule has 0 aromatic rings. The molecule has 114 valence electrons. The number of likely N-dealkylation sites (tertiary alicyclic amines) is 1. The molecule has 19 heavy (non-hydrogen) atoms. The van der Waals surface area contributed by atoms with Crippen LogP contribution in [0, 0.1) is 5.92 Å². The summed E-state index contributed by atoms with van der Waals surface area (Å²) in [5, 5.41) is 6.43. The van der Waals surface area contributed by atoms with E-state index in [1.807, 2.05) is 0 Å². The lowest BCUT2D eigenvalue weighted by atomic mass is 9.99. The highest BCUT2D eigenvalue weighted by Gasteiger charge is 2.25. The van der Waals surface area contributed by atoms with Gasteiger partial charge in [-0.2, -0.15) is 0 Å². The Balaban J connectivity index is 0.00000162. The molecule has 6 heteroatoms. The minimum atomic E-state index is 0. The molecule has 0 saturated carbocycles. The second kappa shape index (κ2) is 9.81. The van der Waals surface area contributed by atoms with Crippen molar-refractivity contribution in [3.05, 3.63) is 0 Å². The zero-order chi connectivity index (χ0) is 12.1. The van der Waals surface area contributed by atoms with Gasteiger partial charge >= 0.3 is 0 Å².